The molecule has 0 radical (unpaired) electrons. The second kappa shape index (κ2) is 7.64. The fraction of sp³-hybridized carbons (Fsp3) is 0.650. The Bertz CT molecular complexity index is 673. The largest absolute Gasteiger partial charge is 0.371 e. The van der Waals surface area contributed by atoms with Gasteiger partial charge in [-0.25, -0.2) is 0 Å². The highest BCUT2D eigenvalue weighted by molar-refractivity contribution is 6.00. The summed E-state index contributed by atoms with van der Waals surface area (Å²) in [5.41, 5.74) is 1.31. The fourth-order valence-electron chi connectivity index (χ4n) is 4.33. The average molecular weight is 359 g/mol. The third-order valence-electron chi connectivity index (χ3n) is 5.70. The molecule has 0 bridgehead atoms. The summed E-state index contributed by atoms with van der Waals surface area (Å²) in [5.74, 6) is 1.54. The van der Waals surface area contributed by atoms with Crippen LogP contribution in [0.25, 0.3) is 0 Å². The van der Waals surface area contributed by atoms with Gasteiger partial charge in [-0.15, -0.1) is 0 Å². The SMILES string of the molecule is CC1CCN(c2ccc([N+](=O)[O-])cc2C(=O)N2CC(C)CC(C)C2)CC1. The Morgan fingerprint density at radius 2 is 1.69 bits per heavy atom. The van der Waals surface area contributed by atoms with Crippen molar-refractivity contribution in [3.05, 3.63) is 33.9 Å². The number of nitrogens with zero attached hydrogens (tertiary/aromatic N) is 3. The summed E-state index contributed by atoms with van der Waals surface area (Å²) >= 11 is 0. The first kappa shape index (κ1) is 18.7. The van der Waals surface area contributed by atoms with Gasteiger partial charge >= 0.3 is 0 Å². The maximum absolute atomic E-state index is 13.3. The number of non-ortho nitro benzene ring substituents is 1. The molecule has 2 saturated heterocycles. The smallest absolute Gasteiger partial charge is 0.270 e. The van der Waals surface area contributed by atoms with E-state index >= 15 is 0 Å². The summed E-state index contributed by atoms with van der Waals surface area (Å²) in [5, 5.41) is 11.3. The van der Waals surface area contributed by atoms with E-state index in [9.17, 15) is 14.9 Å². The van der Waals surface area contributed by atoms with Crippen molar-refractivity contribution >= 4 is 17.3 Å². The monoisotopic (exact) mass is 359 g/mol. The number of carbonyl (C=O) groups excluding carboxylic acids is 1. The molecular weight excluding hydrogens is 330 g/mol. The van der Waals surface area contributed by atoms with Crippen LogP contribution < -0.4 is 4.90 Å². The zero-order chi connectivity index (χ0) is 18.8. The molecule has 2 atom stereocenters. The molecule has 0 spiro atoms. The van der Waals surface area contributed by atoms with Gasteiger partial charge in [0.05, 0.1) is 16.2 Å². The summed E-state index contributed by atoms with van der Waals surface area (Å²) in [7, 11) is 0. The molecule has 1 aromatic rings. The third kappa shape index (κ3) is 4.00. The molecule has 0 aliphatic carbocycles. The summed E-state index contributed by atoms with van der Waals surface area (Å²) in [6, 6.07) is 4.75. The Morgan fingerprint density at radius 1 is 1.08 bits per heavy atom. The van der Waals surface area contributed by atoms with Gasteiger partial charge in [-0.2, -0.15) is 0 Å². The molecule has 1 amide bonds. The molecular formula is C20H29N3O3. The van der Waals surface area contributed by atoms with Crippen molar-refractivity contribution in [2.75, 3.05) is 31.1 Å². The molecule has 0 N–H and O–H groups in total. The van der Waals surface area contributed by atoms with Crippen LogP contribution in [0.1, 0.15) is 50.4 Å². The molecule has 26 heavy (non-hydrogen) atoms. The van der Waals surface area contributed by atoms with Gasteiger partial charge in [-0.1, -0.05) is 20.8 Å². The lowest BCUT2D eigenvalue weighted by atomic mass is 9.91. The quantitative estimate of drug-likeness (QED) is 0.605. The van der Waals surface area contributed by atoms with Crippen LogP contribution in [-0.2, 0) is 0 Å². The number of nitro groups is 1. The van der Waals surface area contributed by atoms with E-state index in [0.717, 1.165) is 51.1 Å². The predicted molar refractivity (Wildman–Crippen MR) is 103 cm³/mol. The number of rotatable bonds is 3. The van der Waals surface area contributed by atoms with Crippen LogP contribution in [0.5, 0.6) is 0 Å². The number of hydrogen-bond acceptors (Lipinski definition) is 4. The second-order valence-corrected chi connectivity index (χ2v) is 8.28. The van der Waals surface area contributed by atoms with E-state index < -0.39 is 4.92 Å². The molecule has 0 aromatic heterocycles. The Kier molecular flexibility index (Phi) is 5.49. The number of nitro benzene ring substituents is 1. The molecule has 2 aliphatic heterocycles. The number of amides is 1. The molecule has 1 aromatic carbocycles. The van der Waals surface area contributed by atoms with Gasteiger partial charge in [0.1, 0.15) is 0 Å². The van der Waals surface area contributed by atoms with Gasteiger partial charge in [0.15, 0.2) is 0 Å². The molecule has 6 heteroatoms. The van der Waals surface area contributed by atoms with Crippen LogP contribution in [0.2, 0.25) is 0 Å². The van der Waals surface area contributed by atoms with Gasteiger partial charge in [0, 0.05) is 38.3 Å². The van der Waals surface area contributed by atoms with Gasteiger partial charge in [0.25, 0.3) is 11.6 Å². The number of benzene rings is 1. The highest BCUT2D eigenvalue weighted by Crippen LogP contribution is 2.31. The normalized spacial score (nSPS) is 24.6. The van der Waals surface area contributed by atoms with E-state index in [0.29, 0.717) is 23.3 Å². The van der Waals surface area contributed by atoms with Gasteiger partial charge < -0.3 is 9.80 Å². The number of likely N-dealkylation sites (tertiary alicyclic amines) is 1. The number of hydrogen-bond donors (Lipinski definition) is 0. The van der Waals surface area contributed by atoms with Crippen LogP contribution in [0, 0.1) is 27.9 Å². The Hall–Kier alpha value is -2.11. The minimum absolute atomic E-state index is 0.0133. The zero-order valence-electron chi connectivity index (χ0n) is 16.0. The van der Waals surface area contributed by atoms with Crippen LogP contribution in [-0.4, -0.2) is 41.9 Å². The standard InChI is InChI=1S/C20H29N3O3/c1-14-6-8-21(9-7-14)19-5-4-17(23(25)26)11-18(19)20(24)22-12-15(2)10-16(3)13-22/h4-5,11,14-16H,6-10,12-13H2,1-3H3. The summed E-state index contributed by atoms with van der Waals surface area (Å²) in [6.45, 7) is 9.81. The minimum Gasteiger partial charge on any atom is -0.371 e. The van der Waals surface area contributed by atoms with Gasteiger partial charge in [-0.3, -0.25) is 14.9 Å². The summed E-state index contributed by atoms with van der Waals surface area (Å²) in [6.07, 6.45) is 3.29. The highest BCUT2D eigenvalue weighted by Gasteiger charge is 2.30. The lowest BCUT2D eigenvalue weighted by Gasteiger charge is -2.37. The number of anilines is 1. The van der Waals surface area contributed by atoms with Crippen LogP contribution >= 0.6 is 0 Å². The second-order valence-electron chi connectivity index (χ2n) is 8.28. The zero-order valence-corrected chi connectivity index (χ0v) is 16.0. The van der Waals surface area contributed by atoms with E-state index in [2.05, 4.69) is 25.7 Å². The maximum atomic E-state index is 13.3. The molecule has 2 fully saturated rings. The predicted octanol–water partition coefficient (Wildman–Crippen LogP) is 3.95. The van der Waals surface area contributed by atoms with Crippen molar-refractivity contribution in [3.8, 4) is 0 Å². The number of carbonyl (C=O) groups is 1. The van der Waals surface area contributed by atoms with Crippen LogP contribution in [0.15, 0.2) is 18.2 Å². The van der Waals surface area contributed by atoms with Crippen molar-refractivity contribution in [2.24, 2.45) is 17.8 Å². The average Bonchev–Trinajstić information content (AvgIpc) is 2.60. The summed E-state index contributed by atoms with van der Waals surface area (Å²) in [4.78, 5) is 28.2. The van der Waals surface area contributed by atoms with Gasteiger partial charge in [0.2, 0.25) is 0 Å². The van der Waals surface area contributed by atoms with Gasteiger partial charge in [-0.05, 0) is 43.1 Å². The fourth-order valence-corrected chi connectivity index (χ4v) is 4.33. The Morgan fingerprint density at radius 3 is 2.27 bits per heavy atom. The molecule has 142 valence electrons. The first-order chi connectivity index (χ1) is 12.3. The topological polar surface area (TPSA) is 66.7 Å². The van der Waals surface area contributed by atoms with Crippen LogP contribution in [0.4, 0.5) is 11.4 Å². The molecule has 6 nitrogen and oxygen atoms in total. The van der Waals surface area contributed by atoms with Crippen molar-refractivity contribution in [3.63, 3.8) is 0 Å². The molecule has 3 rings (SSSR count). The van der Waals surface area contributed by atoms with E-state index in [1.54, 1.807) is 6.07 Å². The number of piperidine rings is 2. The molecule has 2 aliphatic rings. The molecule has 2 heterocycles. The lowest BCUT2D eigenvalue weighted by molar-refractivity contribution is -0.384. The maximum Gasteiger partial charge on any atom is 0.270 e. The van der Waals surface area contributed by atoms with Crippen molar-refractivity contribution in [2.45, 2.75) is 40.0 Å². The Balaban J connectivity index is 1.93. The summed E-state index contributed by atoms with van der Waals surface area (Å²) < 4.78 is 0. The molecule has 2 unspecified atom stereocenters. The van der Waals surface area contributed by atoms with Crippen molar-refractivity contribution < 1.29 is 9.72 Å². The van der Waals surface area contributed by atoms with Crippen molar-refractivity contribution in [1.82, 2.24) is 4.90 Å². The van der Waals surface area contributed by atoms with E-state index in [1.165, 1.54) is 12.1 Å². The highest BCUT2D eigenvalue weighted by atomic mass is 16.6. The van der Waals surface area contributed by atoms with Crippen molar-refractivity contribution in [1.29, 1.82) is 0 Å². The minimum atomic E-state index is -0.416. The molecule has 0 saturated carbocycles. The van der Waals surface area contributed by atoms with E-state index in [4.69, 9.17) is 0 Å². The third-order valence-corrected chi connectivity index (χ3v) is 5.70. The Labute approximate surface area is 155 Å². The van der Waals surface area contributed by atoms with Crippen LogP contribution in [0.3, 0.4) is 0 Å². The first-order valence-corrected chi connectivity index (χ1v) is 9.67. The van der Waals surface area contributed by atoms with E-state index in [-0.39, 0.29) is 11.6 Å². The lowest BCUT2D eigenvalue weighted by Crippen LogP contribution is -2.43. The van der Waals surface area contributed by atoms with E-state index in [1.807, 2.05) is 4.90 Å². The first-order valence-electron chi connectivity index (χ1n) is 9.67.